The molecule has 0 saturated heterocycles. The number of halogens is 4. The second kappa shape index (κ2) is 5.05. The number of alkyl halides is 1. The molecule has 1 rings (SSSR count). The molecule has 1 aromatic carbocycles. The highest BCUT2D eigenvalue weighted by Crippen LogP contribution is 2.14. The normalized spacial score (nSPS) is 11.1. The molecule has 4 heteroatoms. The van der Waals surface area contributed by atoms with Gasteiger partial charge in [-0.3, -0.25) is 0 Å². The van der Waals surface area contributed by atoms with Gasteiger partial charge in [-0.2, -0.15) is 0 Å². The molecule has 0 radical (unpaired) electrons. The molecule has 76 valence electrons. The first kappa shape index (κ1) is 11.1. The van der Waals surface area contributed by atoms with E-state index in [-0.39, 0.29) is 5.56 Å². The van der Waals surface area contributed by atoms with Gasteiger partial charge in [0, 0.05) is 5.88 Å². The van der Waals surface area contributed by atoms with Crippen LogP contribution < -0.4 is 0 Å². The highest BCUT2D eigenvalue weighted by molar-refractivity contribution is 6.17. The zero-order valence-electron chi connectivity index (χ0n) is 7.24. The van der Waals surface area contributed by atoms with Gasteiger partial charge in [0.05, 0.1) is 0 Å². The second-order valence-corrected chi connectivity index (χ2v) is 3.06. The Hall–Kier alpha value is -0.960. The van der Waals surface area contributed by atoms with Crippen molar-refractivity contribution in [3.8, 4) is 0 Å². The predicted octanol–water partition coefficient (Wildman–Crippen LogP) is 3.75. The molecule has 0 aliphatic carbocycles. The van der Waals surface area contributed by atoms with E-state index in [1.807, 2.05) is 0 Å². The van der Waals surface area contributed by atoms with Gasteiger partial charge >= 0.3 is 0 Å². The van der Waals surface area contributed by atoms with E-state index >= 15 is 0 Å². The van der Waals surface area contributed by atoms with Gasteiger partial charge in [0.25, 0.3) is 0 Å². The SMILES string of the molecule is Fc1cc(C=CCCCl)cc(F)c1F. The molecule has 0 bridgehead atoms. The van der Waals surface area contributed by atoms with E-state index < -0.39 is 17.5 Å². The number of allylic oxidation sites excluding steroid dienone is 1. The van der Waals surface area contributed by atoms with Crippen LogP contribution in [0.25, 0.3) is 6.08 Å². The summed E-state index contributed by atoms with van der Waals surface area (Å²) in [6.07, 6.45) is 3.76. The molecule has 0 aliphatic heterocycles. The summed E-state index contributed by atoms with van der Waals surface area (Å²) in [4.78, 5) is 0. The first-order valence-corrected chi connectivity index (χ1v) is 4.55. The minimum Gasteiger partial charge on any atom is -0.204 e. The lowest BCUT2D eigenvalue weighted by atomic mass is 10.2. The quantitative estimate of drug-likeness (QED) is 0.538. The van der Waals surface area contributed by atoms with Crippen molar-refractivity contribution < 1.29 is 13.2 Å². The first-order valence-electron chi connectivity index (χ1n) is 4.02. The van der Waals surface area contributed by atoms with Crippen molar-refractivity contribution in [3.63, 3.8) is 0 Å². The monoisotopic (exact) mass is 220 g/mol. The van der Waals surface area contributed by atoms with Crippen molar-refractivity contribution in [2.75, 3.05) is 5.88 Å². The van der Waals surface area contributed by atoms with Gasteiger partial charge < -0.3 is 0 Å². The van der Waals surface area contributed by atoms with Gasteiger partial charge in [-0.1, -0.05) is 12.2 Å². The molecule has 0 unspecified atom stereocenters. The number of hydrogen-bond donors (Lipinski definition) is 0. The van der Waals surface area contributed by atoms with Gasteiger partial charge in [-0.05, 0) is 24.1 Å². The van der Waals surface area contributed by atoms with Crippen molar-refractivity contribution in [2.45, 2.75) is 6.42 Å². The predicted molar refractivity (Wildman–Crippen MR) is 50.7 cm³/mol. The minimum absolute atomic E-state index is 0.284. The lowest BCUT2D eigenvalue weighted by molar-refractivity contribution is 0.447. The highest BCUT2D eigenvalue weighted by atomic mass is 35.5. The summed E-state index contributed by atoms with van der Waals surface area (Å²) in [6.45, 7) is 0. The van der Waals surface area contributed by atoms with Gasteiger partial charge in [-0.25, -0.2) is 13.2 Å². The van der Waals surface area contributed by atoms with Crippen LogP contribution in [0.15, 0.2) is 18.2 Å². The van der Waals surface area contributed by atoms with E-state index in [4.69, 9.17) is 11.6 Å². The maximum atomic E-state index is 12.7. The summed E-state index contributed by atoms with van der Waals surface area (Å²) in [6, 6.07) is 1.87. The molecule has 0 aromatic heterocycles. The third-order valence-corrected chi connectivity index (χ3v) is 1.81. The molecular formula is C10H8ClF3. The van der Waals surface area contributed by atoms with E-state index in [0.717, 1.165) is 12.1 Å². The van der Waals surface area contributed by atoms with E-state index in [1.54, 1.807) is 6.08 Å². The van der Waals surface area contributed by atoms with Crippen LogP contribution in [0.1, 0.15) is 12.0 Å². The van der Waals surface area contributed by atoms with Crippen molar-refractivity contribution >= 4 is 17.7 Å². The average Bonchev–Trinajstić information content (AvgIpc) is 2.14. The highest BCUT2D eigenvalue weighted by Gasteiger charge is 2.08. The first-order chi connectivity index (χ1) is 6.65. The molecule has 0 N–H and O–H groups in total. The van der Waals surface area contributed by atoms with Crippen molar-refractivity contribution in [2.24, 2.45) is 0 Å². The van der Waals surface area contributed by atoms with Gasteiger partial charge in [-0.15, -0.1) is 11.6 Å². The summed E-state index contributed by atoms with van der Waals surface area (Å²) >= 11 is 5.40. The lowest BCUT2D eigenvalue weighted by Gasteiger charge is -1.97. The zero-order chi connectivity index (χ0) is 10.6. The van der Waals surface area contributed by atoms with E-state index in [0.29, 0.717) is 12.3 Å². The van der Waals surface area contributed by atoms with Crippen LogP contribution in [0, 0.1) is 17.5 Å². The fourth-order valence-electron chi connectivity index (χ4n) is 0.954. The van der Waals surface area contributed by atoms with Crippen molar-refractivity contribution in [1.82, 2.24) is 0 Å². The average molecular weight is 221 g/mol. The molecule has 0 amide bonds. The Morgan fingerprint density at radius 1 is 1.14 bits per heavy atom. The maximum absolute atomic E-state index is 12.7. The molecule has 0 fully saturated rings. The van der Waals surface area contributed by atoms with Crippen LogP contribution in [0.4, 0.5) is 13.2 Å². The van der Waals surface area contributed by atoms with Crippen molar-refractivity contribution in [1.29, 1.82) is 0 Å². The van der Waals surface area contributed by atoms with Crippen LogP contribution in [0.3, 0.4) is 0 Å². The van der Waals surface area contributed by atoms with Crippen LogP contribution >= 0.6 is 11.6 Å². The lowest BCUT2D eigenvalue weighted by Crippen LogP contribution is -1.90. The molecule has 1 aromatic rings. The van der Waals surface area contributed by atoms with Crippen LogP contribution in [0.5, 0.6) is 0 Å². The molecule has 0 spiro atoms. The van der Waals surface area contributed by atoms with Gasteiger partial charge in [0.2, 0.25) is 0 Å². The minimum atomic E-state index is -1.44. The summed E-state index contributed by atoms with van der Waals surface area (Å²) < 4.78 is 37.9. The zero-order valence-corrected chi connectivity index (χ0v) is 7.99. The van der Waals surface area contributed by atoms with E-state index in [2.05, 4.69) is 0 Å². The molecule has 0 nitrogen and oxygen atoms in total. The third kappa shape index (κ3) is 2.77. The second-order valence-electron chi connectivity index (χ2n) is 2.68. The Bertz CT molecular complexity index is 324. The molecule has 0 atom stereocenters. The van der Waals surface area contributed by atoms with Crippen molar-refractivity contribution in [3.05, 3.63) is 41.2 Å². The van der Waals surface area contributed by atoms with Crippen LogP contribution in [-0.4, -0.2) is 5.88 Å². The number of benzene rings is 1. The summed E-state index contributed by atoms with van der Waals surface area (Å²) in [5.74, 6) is -3.38. The summed E-state index contributed by atoms with van der Waals surface area (Å²) in [5.41, 5.74) is 0.284. The largest absolute Gasteiger partial charge is 0.204 e. The van der Waals surface area contributed by atoms with Crippen LogP contribution in [0.2, 0.25) is 0 Å². The van der Waals surface area contributed by atoms with E-state index in [9.17, 15) is 13.2 Å². The molecular weight excluding hydrogens is 213 g/mol. The topological polar surface area (TPSA) is 0 Å². The summed E-state index contributed by atoms with van der Waals surface area (Å²) in [5, 5.41) is 0. The number of rotatable bonds is 3. The summed E-state index contributed by atoms with van der Waals surface area (Å²) in [7, 11) is 0. The Labute approximate surface area is 85.0 Å². The Morgan fingerprint density at radius 3 is 2.21 bits per heavy atom. The Kier molecular flexibility index (Phi) is 4.01. The van der Waals surface area contributed by atoms with Gasteiger partial charge in [0.15, 0.2) is 17.5 Å². The smallest absolute Gasteiger partial charge is 0.194 e. The fourth-order valence-corrected chi connectivity index (χ4v) is 1.08. The molecule has 0 heterocycles. The van der Waals surface area contributed by atoms with Crippen LogP contribution in [-0.2, 0) is 0 Å². The Balaban J connectivity index is 2.89. The van der Waals surface area contributed by atoms with E-state index in [1.165, 1.54) is 6.08 Å². The standard InChI is InChI=1S/C10H8ClF3/c11-4-2-1-3-7-5-8(12)10(14)9(13)6-7/h1,3,5-6H,2,4H2. The Morgan fingerprint density at radius 2 is 1.71 bits per heavy atom. The molecule has 0 aliphatic rings. The van der Waals surface area contributed by atoms with Gasteiger partial charge in [0.1, 0.15) is 0 Å². The maximum Gasteiger partial charge on any atom is 0.194 e. The third-order valence-electron chi connectivity index (χ3n) is 1.59. The molecule has 14 heavy (non-hydrogen) atoms. The molecule has 0 saturated carbocycles. The fraction of sp³-hybridized carbons (Fsp3) is 0.200. The number of hydrogen-bond acceptors (Lipinski definition) is 0.